The van der Waals surface area contributed by atoms with Gasteiger partial charge in [0.15, 0.2) is 11.5 Å². The van der Waals surface area contributed by atoms with Gasteiger partial charge >= 0.3 is 5.63 Å². The van der Waals surface area contributed by atoms with Crippen LogP contribution in [0.5, 0.6) is 17.2 Å². The third kappa shape index (κ3) is 4.56. The highest BCUT2D eigenvalue weighted by Gasteiger charge is 2.15. The normalized spacial score (nSPS) is 10.7. The van der Waals surface area contributed by atoms with E-state index in [0.29, 0.717) is 41.4 Å². The molecule has 0 unspecified atom stereocenters. The first kappa shape index (κ1) is 21.2. The molecule has 0 bridgehead atoms. The minimum Gasteiger partial charge on any atom is -0.497 e. The summed E-state index contributed by atoms with van der Waals surface area (Å²) in [5.41, 5.74) is 2.02. The van der Waals surface area contributed by atoms with E-state index in [1.165, 1.54) is 0 Å². The molecule has 1 N–H and O–H groups in total. The summed E-state index contributed by atoms with van der Waals surface area (Å²) < 4.78 is 21.1. The van der Waals surface area contributed by atoms with Gasteiger partial charge in [0, 0.05) is 18.0 Å². The average Bonchev–Trinajstić information content (AvgIpc) is 2.76. The van der Waals surface area contributed by atoms with E-state index in [-0.39, 0.29) is 12.3 Å². The standard InChI is InChI=1S/C23H25NO6/c1-14-17-7-6-16(27-2)12-20(17)30-23(26)18(14)13-22(25)24-10-9-15-5-8-19(28-3)21(11-15)29-4/h5-8,11-12H,9-10,13H2,1-4H3,(H,24,25). The maximum Gasteiger partial charge on any atom is 0.340 e. The number of hydrogen-bond acceptors (Lipinski definition) is 6. The molecule has 0 saturated carbocycles. The van der Waals surface area contributed by atoms with Crippen LogP contribution in [0.4, 0.5) is 0 Å². The van der Waals surface area contributed by atoms with Gasteiger partial charge in [-0.2, -0.15) is 0 Å². The Hall–Kier alpha value is -3.48. The van der Waals surface area contributed by atoms with Crippen molar-refractivity contribution < 1.29 is 23.4 Å². The number of carbonyl (C=O) groups is 1. The zero-order valence-electron chi connectivity index (χ0n) is 17.5. The number of amides is 1. The molecule has 0 fully saturated rings. The lowest BCUT2D eigenvalue weighted by atomic mass is 10.0. The first-order valence-electron chi connectivity index (χ1n) is 9.54. The third-order valence-electron chi connectivity index (χ3n) is 5.02. The van der Waals surface area contributed by atoms with Gasteiger partial charge in [-0.1, -0.05) is 6.07 Å². The summed E-state index contributed by atoms with van der Waals surface area (Å²) in [7, 11) is 4.71. The monoisotopic (exact) mass is 411 g/mol. The van der Waals surface area contributed by atoms with E-state index in [1.54, 1.807) is 33.5 Å². The molecular formula is C23H25NO6. The Labute approximate surface area is 174 Å². The number of methoxy groups -OCH3 is 3. The van der Waals surface area contributed by atoms with Crippen LogP contribution in [-0.2, 0) is 17.6 Å². The molecule has 30 heavy (non-hydrogen) atoms. The van der Waals surface area contributed by atoms with Gasteiger partial charge in [0.25, 0.3) is 0 Å². The van der Waals surface area contributed by atoms with Crippen LogP contribution in [0.1, 0.15) is 16.7 Å². The molecular weight excluding hydrogens is 386 g/mol. The Morgan fingerprint density at radius 2 is 1.77 bits per heavy atom. The molecule has 0 aliphatic carbocycles. The molecule has 0 aliphatic heterocycles. The number of benzene rings is 2. The highest BCUT2D eigenvalue weighted by atomic mass is 16.5. The first-order valence-corrected chi connectivity index (χ1v) is 9.54. The Bertz CT molecular complexity index is 1120. The summed E-state index contributed by atoms with van der Waals surface area (Å²) in [6.07, 6.45) is 0.583. The second-order valence-corrected chi connectivity index (χ2v) is 6.82. The predicted octanol–water partition coefficient (Wildman–Crippen LogP) is 3.03. The molecule has 2 aromatic carbocycles. The number of aryl methyl sites for hydroxylation is 1. The van der Waals surface area contributed by atoms with Crippen LogP contribution >= 0.6 is 0 Å². The zero-order chi connectivity index (χ0) is 21.7. The molecule has 1 heterocycles. The third-order valence-corrected chi connectivity index (χ3v) is 5.02. The van der Waals surface area contributed by atoms with E-state index in [1.807, 2.05) is 31.2 Å². The van der Waals surface area contributed by atoms with Gasteiger partial charge in [0.2, 0.25) is 5.91 Å². The topological polar surface area (TPSA) is 87.0 Å². The van der Waals surface area contributed by atoms with Crippen molar-refractivity contribution in [3.05, 3.63) is 63.5 Å². The van der Waals surface area contributed by atoms with E-state index in [0.717, 1.165) is 16.5 Å². The molecule has 3 aromatic rings. The highest BCUT2D eigenvalue weighted by molar-refractivity contribution is 5.85. The fraction of sp³-hybridized carbons (Fsp3) is 0.304. The van der Waals surface area contributed by atoms with Crippen LogP contribution in [0, 0.1) is 6.92 Å². The van der Waals surface area contributed by atoms with Crippen molar-refractivity contribution in [2.45, 2.75) is 19.8 Å². The van der Waals surface area contributed by atoms with E-state index >= 15 is 0 Å². The van der Waals surface area contributed by atoms with Crippen LogP contribution in [-0.4, -0.2) is 33.8 Å². The Balaban J connectivity index is 1.66. The maximum absolute atomic E-state index is 12.4. The fourth-order valence-corrected chi connectivity index (χ4v) is 3.31. The molecule has 0 saturated heterocycles. The summed E-state index contributed by atoms with van der Waals surface area (Å²) in [5.74, 6) is 1.66. The fourth-order valence-electron chi connectivity index (χ4n) is 3.31. The van der Waals surface area contributed by atoms with Gasteiger partial charge in [-0.05, 0) is 48.7 Å². The molecule has 7 heteroatoms. The van der Waals surface area contributed by atoms with Crippen molar-refractivity contribution in [1.82, 2.24) is 5.32 Å². The predicted molar refractivity (Wildman–Crippen MR) is 114 cm³/mol. The maximum atomic E-state index is 12.4. The van der Waals surface area contributed by atoms with Crippen LogP contribution in [0.2, 0.25) is 0 Å². The lowest BCUT2D eigenvalue weighted by Crippen LogP contribution is -2.29. The smallest absolute Gasteiger partial charge is 0.340 e. The van der Waals surface area contributed by atoms with Gasteiger partial charge in [-0.3, -0.25) is 4.79 Å². The van der Waals surface area contributed by atoms with Gasteiger partial charge in [0.1, 0.15) is 11.3 Å². The number of fused-ring (bicyclic) bond motifs is 1. The molecule has 7 nitrogen and oxygen atoms in total. The second-order valence-electron chi connectivity index (χ2n) is 6.82. The van der Waals surface area contributed by atoms with Crippen LogP contribution in [0.3, 0.4) is 0 Å². The zero-order valence-corrected chi connectivity index (χ0v) is 17.5. The minimum atomic E-state index is -0.511. The largest absolute Gasteiger partial charge is 0.497 e. The van der Waals surface area contributed by atoms with Crippen molar-refractivity contribution in [3.63, 3.8) is 0 Å². The van der Waals surface area contributed by atoms with Gasteiger partial charge in [0.05, 0.1) is 33.3 Å². The highest BCUT2D eigenvalue weighted by Crippen LogP contribution is 2.27. The Morgan fingerprint density at radius 3 is 2.47 bits per heavy atom. The van der Waals surface area contributed by atoms with E-state index in [2.05, 4.69) is 5.32 Å². The molecule has 1 amide bonds. The van der Waals surface area contributed by atoms with Crippen molar-refractivity contribution in [3.8, 4) is 17.2 Å². The van der Waals surface area contributed by atoms with E-state index in [9.17, 15) is 9.59 Å². The number of rotatable bonds is 8. The Morgan fingerprint density at radius 1 is 1.00 bits per heavy atom. The molecule has 0 radical (unpaired) electrons. The van der Waals surface area contributed by atoms with Crippen LogP contribution in [0.15, 0.2) is 45.6 Å². The first-order chi connectivity index (χ1) is 14.5. The minimum absolute atomic E-state index is 0.0396. The quantitative estimate of drug-likeness (QED) is 0.574. The lowest BCUT2D eigenvalue weighted by molar-refractivity contribution is -0.120. The molecule has 0 spiro atoms. The molecule has 0 aliphatic rings. The van der Waals surface area contributed by atoms with Crippen molar-refractivity contribution in [2.24, 2.45) is 0 Å². The van der Waals surface area contributed by atoms with Gasteiger partial charge in [-0.15, -0.1) is 0 Å². The van der Waals surface area contributed by atoms with E-state index < -0.39 is 5.63 Å². The average molecular weight is 411 g/mol. The van der Waals surface area contributed by atoms with Crippen LogP contribution < -0.4 is 25.2 Å². The number of nitrogens with one attached hydrogen (secondary N) is 1. The SMILES string of the molecule is COc1ccc2c(C)c(CC(=O)NCCc3ccc(OC)c(OC)c3)c(=O)oc2c1. The summed E-state index contributed by atoms with van der Waals surface area (Å²) in [6.45, 7) is 2.25. The summed E-state index contributed by atoms with van der Waals surface area (Å²) in [5, 5.41) is 3.64. The van der Waals surface area contributed by atoms with Crippen molar-refractivity contribution in [1.29, 1.82) is 0 Å². The number of hydrogen-bond donors (Lipinski definition) is 1. The molecule has 158 valence electrons. The van der Waals surface area contributed by atoms with Crippen LogP contribution in [0.25, 0.3) is 11.0 Å². The number of carbonyl (C=O) groups excluding carboxylic acids is 1. The Kier molecular flexibility index (Phi) is 6.61. The van der Waals surface area contributed by atoms with Crippen molar-refractivity contribution >= 4 is 16.9 Å². The van der Waals surface area contributed by atoms with Gasteiger partial charge < -0.3 is 23.9 Å². The summed E-state index contributed by atoms with van der Waals surface area (Å²) in [4.78, 5) is 24.8. The van der Waals surface area contributed by atoms with Crippen molar-refractivity contribution in [2.75, 3.05) is 27.9 Å². The lowest BCUT2D eigenvalue weighted by Gasteiger charge is -2.11. The summed E-state index contributed by atoms with van der Waals surface area (Å²) >= 11 is 0. The van der Waals surface area contributed by atoms with Gasteiger partial charge in [-0.25, -0.2) is 4.79 Å². The second kappa shape index (κ2) is 9.35. The molecule has 3 rings (SSSR count). The molecule has 1 aromatic heterocycles. The molecule has 0 atom stereocenters. The number of ether oxygens (including phenoxy) is 3. The van der Waals surface area contributed by atoms with E-state index in [4.69, 9.17) is 18.6 Å². The summed E-state index contributed by atoms with van der Waals surface area (Å²) in [6, 6.07) is 10.9.